The molecule has 1 heterocycles. The van der Waals surface area contributed by atoms with Crippen molar-refractivity contribution in [2.45, 2.75) is 31.7 Å². The molecule has 0 bridgehead atoms. The maximum Gasteiger partial charge on any atom is 0.126 e. The molecular formula is C16H17F2NS. The van der Waals surface area contributed by atoms with Crippen molar-refractivity contribution in [3.8, 4) is 0 Å². The summed E-state index contributed by atoms with van der Waals surface area (Å²) < 4.78 is 26.2. The van der Waals surface area contributed by atoms with Gasteiger partial charge in [-0.2, -0.15) is 0 Å². The first-order valence-electron chi connectivity index (χ1n) is 6.97. The Kier molecular flexibility index (Phi) is 4.13. The minimum atomic E-state index is -0.502. The summed E-state index contributed by atoms with van der Waals surface area (Å²) in [6, 6.07) is 6.31. The number of fused-ring (bicyclic) bond motifs is 1. The molecule has 1 aromatic carbocycles. The first kappa shape index (κ1) is 13.7. The van der Waals surface area contributed by atoms with Crippen molar-refractivity contribution in [3.05, 3.63) is 57.3 Å². The smallest absolute Gasteiger partial charge is 0.126 e. The summed E-state index contributed by atoms with van der Waals surface area (Å²) >= 11 is 1.82. The number of benzene rings is 1. The van der Waals surface area contributed by atoms with E-state index in [1.165, 1.54) is 35.4 Å². The normalized spacial score (nSPS) is 18.0. The lowest BCUT2D eigenvalue weighted by Crippen LogP contribution is -2.26. The van der Waals surface area contributed by atoms with Crippen LogP contribution in [0.2, 0.25) is 0 Å². The Labute approximate surface area is 121 Å². The Balaban J connectivity index is 1.58. The summed E-state index contributed by atoms with van der Waals surface area (Å²) in [4.78, 5) is 1.48. The zero-order valence-electron chi connectivity index (χ0n) is 11.2. The Bertz CT molecular complexity index is 574. The molecular weight excluding hydrogens is 276 g/mol. The molecule has 106 valence electrons. The average molecular weight is 293 g/mol. The van der Waals surface area contributed by atoms with Gasteiger partial charge in [-0.1, -0.05) is 0 Å². The molecule has 0 radical (unpaired) electrons. The van der Waals surface area contributed by atoms with Gasteiger partial charge in [0, 0.05) is 17.0 Å². The van der Waals surface area contributed by atoms with E-state index < -0.39 is 11.6 Å². The van der Waals surface area contributed by atoms with Crippen LogP contribution in [0.15, 0.2) is 29.6 Å². The molecule has 20 heavy (non-hydrogen) atoms. The molecule has 0 amide bonds. The number of thiophene rings is 1. The van der Waals surface area contributed by atoms with Crippen LogP contribution in [0.1, 0.15) is 34.9 Å². The summed E-state index contributed by atoms with van der Waals surface area (Å²) in [5.74, 6) is -1.00. The van der Waals surface area contributed by atoms with Gasteiger partial charge in [0.1, 0.15) is 11.6 Å². The zero-order chi connectivity index (χ0) is 13.9. The van der Waals surface area contributed by atoms with Gasteiger partial charge in [-0.05, 0) is 66.9 Å². The van der Waals surface area contributed by atoms with Crippen LogP contribution in [-0.2, 0) is 12.8 Å². The summed E-state index contributed by atoms with van der Waals surface area (Å²) in [6.45, 7) is 0.739. The molecule has 4 heteroatoms. The molecule has 1 unspecified atom stereocenters. The molecule has 0 aliphatic heterocycles. The van der Waals surface area contributed by atoms with Gasteiger partial charge in [0.05, 0.1) is 0 Å². The molecule has 1 nitrogen and oxygen atoms in total. The van der Waals surface area contributed by atoms with E-state index in [4.69, 9.17) is 0 Å². The lowest BCUT2D eigenvalue weighted by molar-refractivity contribution is 0.466. The first-order valence-corrected chi connectivity index (χ1v) is 7.85. The molecule has 0 spiro atoms. The number of hydrogen-bond acceptors (Lipinski definition) is 2. The maximum atomic E-state index is 13.1. The van der Waals surface area contributed by atoms with Crippen LogP contribution in [0.4, 0.5) is 8.78 Å². The highest BCUT2D eigenvalue weighted by atomic mass is 32.1. The number of halogens is 2. The van der Waals surface area contributed by atoms with Crippen LogP contribution < -0.4 is 5.32 Å². The lowest BCUT2D eigenvalue weighted by atomic mass is 9.94. The van der Waals surface area contributed by atoms with Gasteiger partial charge in [0.15, 0.2) is 0 Å². The fourth-order valence-electron chi connectivity index (χ4n) is 2.84. The second kappa shape index (κ2) is 6.02. The van der Waals surface area contributed by atoms with Gasteiger partial charge in [-0.3, -0.25) is 0 Å². The zero-order valence-corrected chi connectivity index (χ0v) is 12.0. The predicted octanol–water partition coefficient (Wildman–Crippen LogP) is 4.24. The van der Waals surface area contributed by atoms with Crippen LogP contribution in [0.5, 0.6) is 0 Å². The van der Waals surface area contributed by atoms with E-state index in [9.17, 15) is 8.78 Å². The molecule has 1 atom stereocenters. The van der Waals surface area contributed by atoms with Crippen molar-refractivity contribution in [1.29, 1.82) is 0 Å². The second-order valence-electron chi connectivity index (χ2n) is 5.23. The third-order valence-electron chi connectivity index (χ3n) is 3.78. The van der Waals surface area contributed by atoms with Crippen LogP contribution in [0, 0.1) is 11.6 Å². The fraction of sp³-hybridized carbons (Fsp3) is 0.375. The van der Waals surface area contributed by atoms with E-state index in [0.29, 0.717) is 18.0 Å². The van der Waals surface area contributed by atoms with Crippen molar-refractivity contribution < 1.29 is 8.78 Å². The van der Waals surface area contributed by atoms with E-state index in [2.05, 4.69) is 16.8 Å². The van der Waals surface area contributed by atoms with Gasteiger partial charge in [0.2, 0.25) is 0 Å². The SMILES string of the molecule is Fc1cc(F)cc(CCNC2CCCc3sccc32)c1. The van der Waals surface area contributed by atoms with Crippen LogP contribution in [0.25, 0.3) is 0 Å². The number of rotatable bonds is 4. The molecule has 1 aliphatic carbocycles. The van der Waals surface area contributed by atoms with Crippen LogP contribution in [0.3, 0.4) is 0 Å². The maximum absolute atomic E-state index is 13.1. The van der Waals surface area contributed by atoms with Gasteiger partial charge < -0.3 is 5.32 Å². The monoisotopic (exact) mass is 293 g/mol. The van der Waals surface area contributed by atoms with Crippen molar-refractivity contribution in [3.63, 3.8) is 0 Å². The van der Waals surface area contributed by atoms with Crippen molar-refractivity contribution in [2.75, 3.05) is 6.54 Å². The number of aryl methyl sites for hydroxylation is 1. The molecule has 2 aromatic rings. The van der Waals surface area contributed by atoms with Gasteiger partial charge in [-0.15, -0.1) is 11.3 Å². The minimum Gasteiger partial charge on any atom is -0.310 e. The molecule has 1 aliphatic rings. The summed E-state index contributed by atoms with van der Waals surface area (Å²) in [7, 11) is 0. The Morgan fingerprint density at radius 2 is 2.00 bits per heavy atom. The molecule has 0 fully saturated rings. The first-order chi connectivity index (χ1) is 9.72. The molecule has 1 aromatic heterocycles. The van der Waals surface area contributed by atoms with Crippen LogP contribution >= 0.6 is 11.3 Å². The number of hydrogen-bond donors (Lipinski definition) is 1. The van der Waals surface area contributed by atoms with Gasteiger partial charge >= 0.3 is 0 Å². The number of nitrogens with one attached hydrogen (secondary N) is 1. The van der Waals surface area contributed by atoms with E-state index in [1.54, 1.807) is 0 Å². The van der Waals surface area contributed by atoms with Crippen molar-refractivity contribution in [2.24, 2.45) is 0 Å². The van der Waals surface area contributed by atoms with E-state index in [0.717, 1.165) is 19.0 Å². The Hall–Kier alpha value is -1.26. The minimum absolute atomic E-state index is 0.392. The van der Waals surface area contributed by atoms with E-state index in [1.807, 2.05) is 11.3 Å². The highest BCUT2D eigenvalue weighted by molar-refractivity contribution is 7.10. The highest BCUT2D eigenvalue weighted by Gasteiger charge is 2.20. The molecule has 3 rings (SSSR count). The highest BCUT2D eigenvalue weighted by Crippen LogP contribution is 2.33. The summed E-state index contributed by atoms with van der Waals surface area (Å²) in [5, 5.41) is 5.66. The van der Waals surface area contributed by atoms with Crippen molar-refractivity contribution >= 4 is 11.3 Å². The third-order valence-corrected chi connectivity index (χ3v) is 4.78. The molecule has 1 N–H and O–H groups in total. The van der Waals surface area contributed by atoms with Crippen molar-refractivity contribution in [1.82, 2.24) is 5.32 Å². The summed E-state index contributed by atoms with van der Waals surface area (Å²) in [5.41, 5.74) is 2.11. The average Bonchev–Trinajstić information content (AvgIpc) is 2.86. The second-order valence-corrected chi connectivity index (χ2v) is 6.23. The van der Waals surface area contributed by atoms with E-state index >= 15 is 0 Å². The topological polar surface area (TPSA) is 12.0 Å². The standard InChI is InChI=1S/C16H17F2NS/c17-12-8-11(9-13(18)10-12)4-6-19-15-2-1-3-16-14(15)5-7-20-16/h5,7-10,15,19H,1-4,6H2. The van der Waals surface area contributed by atoms with Gasteiger partial charge in [0.25, 0.3) is 0 Å². The fourth-order valence-corrected chi connectivity index (χ4v) is 3.83. The largest absolute Gasteiger partial charge is 0.310 e. The Morgan fingerprint density at radius 1 is 1.20 bits per heavy atom. The lowest BCUT2D eigenvalue weighted by Gasteiger charge is -2.23. The molecule has 0 saturated carbocycles. The van der Waals surface area contributed by atoms with Crippen LogP contribution in [-0.4, -0.2) is 6.54 Å². The molecule has 0 saturated heterocycles. The predicted molar refractivity (Wildman–Crippen MR) is 78.1 cm³/mol. The Morgan fingerprint density at radius 3 is 2.80 bits per heavy atom. The van der Waals surface area contributed by atoms with Gasteiger partial charge in [-0.25, -0.2) is 8.78 Å². The quantitative estimate of drug-likeness (QED) is 0.889. The third kappa shape index (κ3) is 3.07. The summed E-state index contributed by atoms with van der Waals surface area (Å²) in [6.07, 6.45) is 4.17. The van der Waals surface area contributed by atoms with E-state index in [-0.39, 0.29) is 0 Å².